The molecule has 0 amide bonds. The lowest BCUT2D eigenvalue weighted by Crippen LogP contribution is -1.96. The zero-order valence-corrected chi connectivity index (χ0v) is 16.1. The van der Waals surface area contributed by atoms with E-state index in [1.165, 1.54) is 0 Å². The maximum Gasteiger partial charge on any atom is 0.149 e. The number of fused-ring (bicyclic) bond motifs is 1. The average Bonchev–Trinajstić information content (AvgIpc) is 3.03. The van der Waals surface area contributed by atoms with Crippen LogP contribution in [0.15, 0.2) is 72.1 Å². The average molecular weight is 380 g/mol. The van der Waals surface area contributed by atoms with Gasteiger partial charge in [0.05, 0.1) is 5.39 Å². The van der Waals surface area contributed by atoms with Gasteiger partial charge in [0.1, 0.15) is 17.0 Å². The van der Waals surface area contributed by atoms with Gasteiger partial charge in [-0.15, -0.1) is 11.8 Å². The third kappa shape index (κ3) is 3.22. The quantitative estimate of drug-likeness (QED) is 0.310. The molecule has 0 unspecified atom stereocenters. The summed E-state index contributed by atoms with van der Waals surface area (Å²) >= 11 is 7.98. The Hall–Kier alpha value is -2.30. The number of benzene rings is 2. The summed E-state index contributed by atoms with van der Waals surface area (Å²) in [6, 6.07) is 18.2. The van der Waals surface area contributed by atoms with E-state index in [0.29, 0.717) is 10.3 Å². The van der Waals surface area contributed by atoms with E-state index in [1.807, 2.05) is 30.3 Å². The van der Waals surface area contributed by atoms with Gasteiger partial charge in [0.2, 0.25) is 0 Å². The van der Waals surface area contributed by atoms with Crippen LogP contribution in [-0.4, -0.2) is 19.8 Å². The molecular weight excluding hydrogens is 362 g/mol. The predicted molar refractivity (Wildman–Crippen MR) is 110 cm³/mol. The van der Waals surface area contributed by atoms with Crippen LogP contribution in [0.4, 0.5) is 0 Å². The molecule has 0 bridgehead atoms. The second-order valence-corrected chi connectivity index (χ2v) is 8.30. The number of hydrogen-bond acceptors (Lipinski definition) is 3. The van der Waals surface area contributed by atoms with Gasteiger partial charge in [0.25, 0.3) is 0 Å². The molecule has 130 valence electrons. The highest BCUT2D eigenvalue weighted by Crippen LogP contribution is 2.37. The zero-order chi connectivity index (χ0) is 18.1. The van der Waals surface area contributed by atoms with Crippen molar-refractivity contribution < 1.29 is 0 Å². The number of hydrogen-bond donors (Lipinski definition) is 0. The van der Waals surface area contributed by atoms with Gasteiger partial charge in [-0.2, -0.15) is 0 Å². The first-order valence-corrected chi connectivity index (χ1v) is 9.73. The maximum absolute atomic E-state index is 6.22. The van der Waals surface area contributed by atoms with Gasteiger partial charge in [0.15, 0.2) is 0 Å². The lowest BCUT2D eigenvalue weighted by atomic mass is 10.1. The molecule has 0 radical (unpaired) electrons. The normalized spacial score (nSPS) is 11.4. The van der Waals surface area contributed by atoms with E-state index < -0.39 is 0 Å². The van der Waals surface area contributed by atoms with Crippen LogP contribution in [0.1, 0.15) is 13.8 Å². The molecule has 0 spiro atoms. The molecule has 0 aliphatic rings. The Morgan fingerprint density at radius 1 is 1.00 bits per heavy atom. The summed E-state index contributed by atoms with van der Waals surface area (Å²) in [5.41, 5.74) is 4.16. The van der Waals surface area contributed by atoms with E-state index in [0.717, 1.165) is 32.9 Å². The molecule has 2 heterocycles. The molecule has 5 heteroatoms. The van der Waals surface area contributed by atoms with Crippen molar-refractivity contribution in [1.29, 1.82) is 0 Å². The Kier molecular flexibility index (Phi) is 4.70. The van der Waals surface area contributed by atoms with E-state index in [9.17, 15) is 0 Å². The van der Waals surface area contributed by atoms with Crippen molar-refractivity contribution in [2.24, 2.45) is 0 Å². The van der Waals surface area contributed by atoms with Crippen LogP contribution in [0.2, 0.25) is 5.02 Å². The Labute approximate surface area is 162 Å². The van der Waals surface area contributed by atoms with Crippen molar-refractivity contribution in [2.75, 3.05) is 0 Å². The van der Waals surface area contributed by atoms with E-state index >= 15 is 0 Å². The first-order chi connectivity index (χ1) is 12.6. The lowest BCUT2D eigenvalue weighted by Gasteiger charge is -2.08. The highest BCUT2D eigenvalue weighted by Gasteiger charge is 2.18. The van der Waals surface area contributed by atoms with Gasteiger partial charge >= 0.3 is 0 Å². The molecule has 0 saturated carbocycles. The molecule has 0 aliphatic carbocycles. The Balaban J connectivity index is 2.03. The zero-order valence-electron chi connectivity index (χ0n) is 14.6. The minimum Gasteiger partial charge on any atom is -0.301 e. The monoisotopic (exact) mass is 379 g/mol. The summed E-state index contributed by atoms with van der Waals surface area (Å²) in [7, 11) is 0. The lowest BCUT2D eigenvalue weighted by molar-refractivity contribution is 1.03. The van der Waals surface area contributed by atoms with Gasteiger partial charge in [-0.05, 0) is 23.8 Å². The Morgan fingerprint density at radius 3 is 2.54 bits per heavy atom. The molecule has 0 aliphatic heterocycles. The van der Waals surface area contributed by atoms with Crippen LogP contribution in [0.25, 0.3) is 27.8 Å². The SMILES string of the molecule is CC(C)Sc1ncnc2c1c(-c1ccccc1)cn2-c1cccc(Cl)c1. The second kappa shape index (κ2) is 7.14. The smallest absolute Gasteiger partial charge is 0.149 e. The summed E-state index contributed by atoms with van der Waals surface area (Å²) in [5.74, 6) is 0. The van der Waals surface area contributed by atoms with Gasteiger partial charge in [-0.1, -0.05) is 61.8 Å². The summed E-state index contributed by atoms with van der Waals surface area (Å²) in [6.45, 7) is 4.35. The summed E-state index contributed by atoms with van der Waals surface area (Å²) in [4.78, 5) is 9.17. The Morgan fingerprint density at radius 2 is 1.81 bits per heavy atom. The minimum atomic E-state index is 0.436. The van der Waals surface area contributed by atoms with Crippen molar-refractivity contribution in [3.8, 4) is 16.8 Å². The van der Waals surface area contributed by atoms with E-state index in [2.05, 4.69) is 58.8 Å². The number of thioether (sulfide) groups is 1. The molecule has 4 aromatic rings. The van der Waals surface area contributed by atoms with Gasteiger partial charge < -0.3 is 4.57 Å². The molecule has 0 N–H and O–H groups in total. The predicted octanol–water partition coefficient (Wildman–Crippen LogP) is 6.24. The van der Waals surface area contributed by atoms with Crippen molar-refractivity contribution in [3.05, 3.63) is 72.1 Å². The molecule has 0 fully saturated rings. The fraction of sp³-hybridized carbons (Fsp3) is 0.143. The third-order valence-corrected chi connectivity index (χ3v) is 5.31. The van der Waals surface area contributed by atoms with E-state index in [4.69, 9.17) is 11.6 Å². The minimum absolute atomic E-state index is 0.436. The molecule has 4 rings (SSSR count). The van der Waals surface area contributed by atoms with Crippen molar-refractivity contribution >= 4 is 34.4 Å². The highest BCUT2D eigenvalue weighted by molar-refractivity contribution is 8.00. The summed E-state index contributed by atoms with van der Waals surface area (Å²) in [6.07, 6.45) is 3.77. The maximum atomic E-state index is 6.22. The van der Waals surface area contributed by atoms with E-state index in [1.54, 1.807) is 18.1 Å². The topological polar surface area (TPSA) is 30.7 Å². The van der Waals surface area contributed by atoms with Crippen molar-refractivity contribution in [1.82, 2.24) is 14.5 Å². The number of halogens is 1. The molecule has 3 nitrogen and oxygen atoms in total. The number of rotatable bonds is 4. The van der Waals surface area contributed by atoms with Crippen molar-refractivity contribution in [3.63, 3.8) is 0 Å². The standard InChI is InChI=1S/C21H18ClN3S/c1-14(2)26-21-19-18(15-7-4-3-5-8-15)12-25(20(19)23-13-24-21)17-10-6-9-16(22)11-17/h3-14H,1-2H3. The van der Waals surface area contributed by atoms with Crippen LogP contribution in [0.3, 0.4) is 0 Å². The van der Waals surface area contributed by atoms with Gasteiger partial charge in [-0.25, -0.2) is 9.97 Å². The van der Waals surface area contributed by atoms with Gasteiger partial charge in [-0.3, -0.25) is 0 Å². The molecule has 26 heavy (non-hydrogen) atoms. The molecular formula is C21H18ClN3S. The van der Waals surface area contributed by atoms with Crippen LogP contribution in [0.5, 0.6) is 0 Å². The number of aromatic nitrogens is 3. The summed E-state index contributed by atoms with van der Waals surface area (Å²) in [5, 5.41) is 3.23. The van der Waals surface area contributed by atoms with Crippen LogP contribution < -0.4 is 0 Å². The van der Waals surface area contributed by atoms with Gasteiger partial charge in [0, 0.05) is 27.7 Å². The molecule has 2 aromatic heterocycles. The highest BCUT2D eigenvalue weighted by atomic mass is 35.5. The molecule has 0 saturated heterocycles. The van der Waals surface area contributed by atoms with E-state index in [-0.39, 0.29) is 0 Å². The van der Waals surface area contributed by atoms with Crippen LogP contribution in [-0.2, 0) is 0 Å². The fourth-order valence-electron chi connectivity index (χ4n) is 3.01. The first kappa shape index (κ1) is 17.1. The Bertz CT molecular complexity index is 1060. The van der Waals surface area contributed by atoms with Crippen molar-refractivity contribution in [2.45, 2.75) is 24.1 Å². The largest absolute Gasteiger partial charge is 0.301 e. The number of nitrogens with zero attached hydrogens (tertiary/aromatic N) is 3. The molecule has 2 aromatic carbocycles. The van der Waals surface area contributed by atoms with Crippen LogP contribution >= 0.6 is 23.4 Å². The fourth-order valence-corrected chi connectivity index (χ4v) is 4.06. The first-order valence-electron chi connectivity index (χ1n) is 8.47. The molecule has 0 atom stereocenters. The second-order valence-electron chi connectivity index (χ2n) is 6.30. The third-order valence-electron chi connectivity index (χ3n) is 4.07. The summed E-state index contributed by atoms with van der Waals surface area (Å²) < 4.78 is 2.09. The van der Waals surface area contributed by atoms with Crippen LogP contribution in [0, 0.1) is 0 Å².